The molecule has 1 fully saturated rings. The van der Waals surface area contributed by atoms with E-state index in [4.69, 9.17) is 0 Å². The van der Waals surface area contributed by atoms with Gasteiger partial charge < -0.3 is 15.1 Å². The average Bonchev–Trinajstić information content (AvgIpc) is 3.39. The maximum atomic E-state index is 12.8. The number of carbonyl (C=O) groups is 1. The van der Waals surface area contributed by atoms with E-state index in [1.54, 1.807) is 24.3 Å². The second kappa shape index (κ2) is 6.32. The molecule has 1 heterocycles. The van der Waals surface area contributed by atoms with Gasteiger partial charge in [0.1, 0.15) is 11.5 Å². The number of nitrogens with zero attached hydrogens (tertiary/aromatic N) is 1. The lowest BCUT2D eigenvalue weighted by atomic mass is 9.79. The summed E-state index contributed by atoms with van der Waals surface area (Å²) in [6.45, 7) is 3.71. The van der Waals surface area contributed by atoms with E-state index in [0.29, 0.717) is 0 Å². The molecular weight excluding hydrogens is 290 g/mol. The molecule has 1 aliphatic rings. The first-order chi connectivity index (χ1) is 11.1. The molecule has 120 valence electrons. The molecule has 0 saturated carbocycles. The van der Waals surface area contributed by atoms with Crippen molar-refractivity contribution < 1.29 is 15.0 Å². The van der Waals surface area contributed by atoms with Crippen LogP contribution in [-0.2, 0) is 4.79 Å². The Morgan fingerprint density at radius 1 is 0.957 bits per heavy atom. The molecule has 0 radical (unpaired) electrons. The van der Waals surface area contributed by atoms with Gasteiger partial charge in [0, 0.05) is 13.1 Å². The topological polar surface area (TPSA) is 60.5 Å². The highest BCUT2D eigenvalue weighted by atomic mass is 16.3. The van der Waals surface area contributed by atoms with Crippen molar-refractivity contribution in [2.24, 2.45) is 0 Å². The van der Waals surface area contributed by atoms with Crippen LogP contribution in [0.2, 0.25) is 0 Å². The van der Waals surface area contributed by atoms with Crippen LogP contribution in [0.1, 0.15) is 36.3 Å². The molecule has 0 aromatic heterocycles. The first kappa shape index (κ1) is 15.4. The Balaban J connectivity index is 1.99. The molecule has 2 aromatic carbocycles. The number of rotatable bonds is 5. The summed E-state index contributed by atoms with van der Waals surface area (Å²) in [7, 11) is 0. The normalized spacial score (nSPS) is 16.0. The van der Waals surface area contributed by atoms with Crippen molar-refractivity contribution in [1.82, 2.24) is 4.90 Å². The molecule has 0 unspecified atom stereocenters. The van der Waals surface area contributed by atoms with Crippen LogP contribution in [0.15, 0.2) is 48.5 Å². The molecule has 1 amide bonds. The second-order valence-electron chi connectivity index (χ2n) is 6.00. The largest absolute Gasteiger partial charge is 0.508 e. The summed E-state index contributed by atoms with van der Waals surface area (Å²) < 4.78 is 0. The quantitative estimate of drug-likeness (QED) is 0.834. The van der Waals surface area contributed by atoms with E-state index in [2.05, 4.69) is 6.92 Å². The summed E-state index contributed by atoms with van der Waals surface area (Å²) in [5.74, 6) is 0.322. The molecule has 2 aromatic rings. The molecule has 4 heteroatoms. The molecule has 2 N–H and O–H groups in total. The monoisotopic (exact) mass is 311 g/mol. The van der Waals surface area contributed by atoms with Gasteiger partial charge in [-0.2, -0.15) is 0 Å². The van der Waals surface area contributed by atoms with Crippen molar-refractivity contribution >= 4 is 5.91 Å². The van der Waals surface area contributed by atoms with Gasteiger partial charge in [0.15, 0.2) is 0 Å². The highest BCUT2D eigenvalue weighted by molar-refractivity contribution is 5.86. The van der Waals surface area contributed by atoms with Crippen molar-refractivity contribution in [3.05, 3.63) is 59.7 Å². The summed E-state index contributed by atoms with van der Waals surface area (Å²) in [6.07, 6.45) is 0.815. The van der Waals surface area contributed by atoms with E-state index in [0.717, 1.165) is 30.6 Å². The predicted molar refractivity (Wildman–Crippen MR) is 88.6 cm³/mol. The Hall–Kier alpha value is -2.49. The molecule has 4 nitrogen and oxygen atoms in total. The zero-order chi connectivity index (χ0) is 16.4. The van der Waals surface area contributed by atoms with Gasteiger partial charge in [0.25, 0.3) is 0 Å². The maximum absolute atomic E-state index is 12.8. The number of amides is 1. The summed E-state index contributed by atoms with van der Waals surface area (Å²) in [4.78, 5) is 14.7. The van der Waals surface area contributed by atoms with Crippen LogP contribution >= 0.6 is 0 Å². The maximum Gasteiger partial charge on any atom is 0.230 e. The van der Waals surface area contributed by atoms with Gasteiger partial charge in [-0.1, -0.05) is 31.2 Å². The SMILES string of the molecule is CC[C@H](c1ccc(O)cc1)[C@@H](C(=O)N1CC1)c1ccc(O)cc1. The van der Waals surface area contributed by atoms with Gasteiger partial charge >= 0.3 is 0 Å². The van der Waals surface area contributed by atoms with E-state index in [-0.39, 0.29) is 29.2 Å². The van der Waals surface area contributed by atoms with Crippen molar-refractivity contribution in [3.63, 3.8) is 0 Å². The Morgan fingerprint density at radius 3 is 1.87 bits per heavy atom. The van der Waals surface area contributed by atoms with Gasteiger partial charge in [-0.25, -0.2) is 0 Å². The summed E-state index contributed by atoms with van der Waals surface area (Å²) in [5.41, 5.74) is 1.96. The number of phenolic OH excluding ortho intramolecular Hbond substituents is 2. The van der Waals surface area contributed by atoms with E-state index < -0.39 is 0 Å². The molecule has 1 aliphatic heterocycles. The molecule has 3 rings (SSSR count). The number of aromatic hydroxyl groups is 2. The summed E-state index contributed by atoms with van der Waals surface area (Å²) >= 11 is 0. The fourth-order valence-corrected chi connectivity index (χ4v) is 3.08. The average molecular weight is 311 g/mol. The van der Waals surface area contributed by atoms with Crippen LogP contribution in [-0.4, -0.2) is 34.1 Å². The molecular formula is C19H21NO3. The number of hydrogen-bond acceptors (Lipinski definition) is 3. The van der Waals surface area contributed by atoms with Crippen LogP contribution in [0, 0.1) is 0 Å². The Bertz CT molecular complexity index is 675. The third-order valence-electron chi connectivity index (χ3n) is 4.44. The van der Waals surface area contributed by atoms with Gasteiger partial charge in [-0.3, -0.25) is 4.79 Å². The lowest BCUT2D eigenvalue weighted by molar-refractivity contribution is -0.127. The molecule has 0 bridgehead atoms. The minimum Gasteiger partial charge on any atom is -0.508 e. The van der Waals surface area contributed by atoms with Crippen molar-refractivity contribution in [1.29, 1.82) is 0 Å². The van der Waals surface area contributed by atoms with Crippen LogP contribution in [0.5, 0.6) is 11.5 Å². The fraction of sp³-hybridized carbons (Fsp3) is 0.316. The molecule has 0 aliphatic carbocycles. The summed E-state index contributed by atoms with van der Waals surface area (Å²) in [6, 6.07) is 14.0. The Kier molecular flexibility index (Phi) is 4.24. The van der Waals surface area contributed by atoms with E-state index in [1.165, 1.54) is 0 Å². The zero-order valence-corrected chi connectivity index (χ0v) is 13.1. The number of hydrogen-bond donors (Lipinski definition) is 2. The van der Waals surface area contributed by atoms with Crippen LogP contribution in [0.4, 0.5) is 0 Å². The first-order valence-corrected chi connectivity index (χ1v) is 7.96. The standard InChI is InChI=1S/C19H21NO3/c1-2-17(13-3-7-15(21)8-4-13)18(19(23)20-11-12-20)14-5-9-16(22)10-6-14/h3-10,17-18,21-22H,2,11-12H2,1H3/t17-,18+/m1/s1. The predicted octanol–water partition coefficient (Wildman–Crippen LogP) is 3.22. The highest BCUT2D eigenvalue weighted by Gasteiger charge is 2.37. The van der Waals surface area contributed by atoms with Crippen molar-refractivity contribution in [2.45, 2.75) is 25.2 Å². The number of benzene rings is 2. The third kappa shape index (κ3) is 3.31. The lowest BCUT2D eigenvalue weighted by Crippen LogP contribution is -2.26. The van der Waals surface area contributed by atoms with E-state index in [9.17, 15) is 15.0 Å². The summed E-state index contributed by atoms with van der Waals surface area (Å²) in [5, 5.41) is 19.0. The van der Waals surface area contributed by atoms with Gasteiger partial charge in [-0.15, -0.1) is 0 Å². The first-order valence-electron chi connectivity index (χ1n) is 7.96. The molecule has 23 heavy (non-hydrogen) atoms. The van der Waals surface area contributed by atoms with Crippen LogP contribution < -0.4 is 0 Å². The second-order valence-corrected chi connectivity index (χ2v) is 6.00. The highest BCUT2D eigenvalue weighted by Crippen LogP contribution is 2.39. The van der Waals surface area contributed by atoms with Gasteiger partial charge in [0.2, 0.25) is 5.91 Å². The smallest absolute Gasteiger partial charge is 0.230 e. The Morgan fingerprint density at radius 2 is 1.43 bits per heavy atom. The molecule has 0 spiro atoms. The molecule has 1 saturated heterocycles. The van der Waals surface area contributed by atoms with Gasteiger partial charge in [0.05, 0.1) is 5.92 Å². The van der Waals surface area contributed by atoms with E-state index >= 15 is 0 Å². The van der Waals surface area contributed by atoms with E-state index in [1.807, 2.05) is 29.2 Å². The van der Waals surface area contributed by atoms with Crippen molar-refractivity contribution in [3.8, 4) is 11.5 Å². The Labute approximate surface area is 136 Å². The van der Waals surface area contributed by atoms with Crippen molar-refractivity contribution in [2.75, 3.05) is 13.1 Å². The number of carbonyl (C=O) groups excluding carboxylic acids is 1. The minimum absolute atomic E-state index is 0.0354. The minimum atomic E-state index is -0.271. The number of phenols is 2. The van der Waals surface area contributed by atoms with Crippen LogP contribution in [0.3, 0.4) is 0 Å². The van der Waals surface area contributed by atoms with Gasteiger partial charge in [-0.05, 0) is 47.7 Å². The lowest BCUT2D eigenvalue weighted by Gasteiger charge is -2.26. The third-order valence-corrected chi connectivity index (χ3v) is 4.44. The van der Waals surface area contributed by atoms with Crippen LogP contribution in [0.25, 0.3) is 0 Å². The fourth-order valence-electron chi connectivity index (χ4n) is 3.08. The molecule has 2 atom stereocenters. The zero-order valence-electron chi connectivity index (χ0n) is 13.1.